The van der Waals surface area contributed by atoms with E-state index in [9.17, 15) is 14.0 Å². The molecule has 1 heterocycles. The zero-order valence-electron chi connectivity index (χ0n) is 12.2. The number of carbonyl (C=O) groups excluding carboxylic acids is 1. The standard InChI is InChI=1S/C17H11FN2O3S/c18-12-5-7-13(8-6-12)20-15(21)14(19-17(20)24)9-10-1-3-11(4-2-10)16(22)23/h1-9H,(H,19,24)(H,22,23). The number of aromatic carboxylic acids is 1. The molecule has 0 aromatic heterocycles. The fraction of sp³-hybridized carbons (Fsp3) is 0. The molecule has 1 aliphatic rings. The van der Waals surface area contributed by atoms with Gasteiger partial charge in [0.1, 0.15) is 11.5 Å². The van der Waals surface area contributed by atoms with Crippen LogP contribution < -0.4 is 10.2 Å². The fourth-order valence-electron chi connectivity index (χ4n) is 2.25. The second-order valence-electron chi connectivity index (χ2n) is 5.03. The smallest absolute Gasteiger partial charge is 0.335 e. The summed E-state index contributed by atoms with van der Waals surface area (Å²) in [6.45, 7) is 0. The quantitative estimate of drug-likeness (QED) is 0.663. The number of benzene rings is 2. The molecule has 0 radical (unpaired) electrons. The lowest BCUT2D eigenvalue weighted by atomic mass is 10.1. The first kappa shape index (κ1) is 15.8. The van der Waals surface area contributed by atoms with Crippen LogP contribution in [0.3, 0.4) is 0 Å². The van der Waals surface area contributed by atoms with Gasteiger partial charge in [-0.25, -0.2) is 9.18 Å². The van der Waals surface area contributed by atoms with Crippen LogP contribution in [0.1, 0.15) is 15.9 Å². The van der Waals surface area contributed by atoms with Gasteiger partial charge in [0.05, 0.1) is 11.3 Å². The van der Waals surface area contributed by atoms with E-state index in [1.807, 2.05) is 0 Å². The second-order valence-corrected chi connectivity index (χ2v) is 5.42. The highest BCUT2D eigenvalue weighted by atomic mass is 32.1. The van der Waals surface area contributed by atoms with Crippen molar-refractivity contribution in [3.8, 4) is 0 Å². The highest BCUT2D eigenvalue weighted by molar-refractivity contribution is 7.80. The molecule has 7 heteroatoms. The first-order valence-corrected chi connectivity index (χ1v) is 7.32. The third-order valence-corrected chi connectivity index (χ3v) is 3.72. The summed E-state index contributed by atoms with van der Waals surface area (Å²) in [6.07, 6.45) is 1.57. The van der Waals surface area contributed by atoms with E-state index in [1.165, 1.54) is 41.3 Å². The number of nitrogens with zero attached hydrogens (tertiary/aromatic N) is 1. The van der Waals surface area contributed by atoms with Crippen molar-refractivity contribution >= 4 is 41.0 Å². The molecule has 1 amide bonds. The van der Waals surface area contributed by atoms with Crippen molar-refractivity contribution in [2.75, 3.05) is 4.90 Å². The van der Waals surface area contributed by atoms with Crippen LogP contribution in [0.2, 0.25) is 0 Å². The molecule has 2 aromatic carbocycles. The van der Waals surface area contributed by atoms with Gasteiger partial charge in [-0.1, -0.05) is 12.1 Å². The number of anilines is 1. The van der Waals surface area contributed by atoms with Crippen molar-refractivity contribution in [1.82, 2.24) is 5.32 Å². The zero-order chi connectivity index (χ0) is 17.3. The number of hydrogen-bond donors (Lipinski definition) is 2. The molecule has 1 fully saturated rings. The molecule has 24 heavy (non-hydrogen) atoms. The maximum absolute atomic E-state index is 13.0. The average molecular weight is 342 g/mol. The summed E-state index contributed by atoms with van der Waals surface area (Å²) in [5.74, 6) is -1.79. The molecule has 5 nitrogen and oxygen atoms in total. The predicted octanol–water partition coefficient (Wildman–Crippen LogP) is 2.79. The van der Waals surface area contributed by atoms with Gasteiger partial charge >= 0.3 is 5.97 Å². The molecule has 2 aromatic rings. The summed E-state index contributed by atoms with van der Waals surface area (Å²) in [7, 11) is 0. The van der Waals surface area contributed by atoms with Gasteiger partial charge in [-0.05, 0) is 60.3 Å². The molecule has 0 saturated carbocycles. The van der Waals surface area contributed by atoms with Crippen molar-refractivity contribution < 1.29 is 19.1 Å². The molecular weight excluding hydrogens is 331 g/mol. The van der Waals surface area contributed by atoms with Gasteiger partial charge in [0, 0.05) is 0 Å². The summed E-state index contributed by atoms with van der Waals surface area (Å²) in [4.78, 5) is 24.6. The number of hydrogen-bond acceptors (Lipinski definition) is 3. The number of carbonyl (C=O) groups is 2. The molecule has 2 N–H and O–H groups in total. The average Bonchev–Trinajstić information content (AvgIpc) is 2.83. The topological polar surface area (TPSA) is 69.6 Å². The van der Waals surface area contributed by atoms with Gasteiger partial charge in [0.25, 0.3) is 5.91 Å². The number of nitrogens with one attached hydrogen (secondary N) is 1. The number of amides is 1. The Kier molecular flexibility index (Phi) is 4.09. The molecule has 0 bridgehead atoms. The summed E-state index contributed by atoms with van der Waals surface area (Å²) in [5.41, 5.74) is 1.53. The molecule has 1 aliphatic heterocycles. The lowest BCUT2D eigenvalue weighted by Gasteiger charge is -2.13. The van der Waals surface area contributed by atoms with E-state index in [4.69, 9.17) is 17.3 Å². The van der Waals surface area contributed by atoms with Crippen LogP contribution in [0.15, 0.2) is 54.2 Å². The highest BCUT2D eigenvalue weighted by Crippen LogP contribution is 2.22. The number of thiocarbonyl (C=S) groups is 1. The second kappa shape index (κ2) is 6.21. The Balaban J connectivity index is 1.87. The number of carboxylic acid groups (broad SMARTS) is 1. The van der Waals surface area contributed by atoms with E-state index in [1.54, 1.807) is 18.2 Å². The third kappa shape index (κ3) is 3.02. The Bertz CT molecular complexity index is 860. The minimum Gasteiger partial charge on any atom is -0.478 e. The van der Waals surface area contributed by atoms with E-state index >= 15 is 0 Å². The summed E-state index contributed by atoms with van der Waals surface area (Å²) in [6, 6.07) is 11.5. The maximum atomic E-state index is 13.0. The fourth-order valence-corrected chi connectivity index (χ4v) is 2.55. The van der Waals surface area contributed by atoms with Crippen LogP contribution in [0.5, 0.6) is 0 Å². The molecular formula is C17H11FN2O3S. The van der Waals surface area contributed by atoms with Crippen LogP contribution >= 0.6 is 12.2 Å². The van der Waals surface area contributed by atoms with E-state index in [-0.39, 0.29) is 22.3 Å². The van der Waals surface area contributed by atoms with E-state index in [0.717, 1.165) is 0 Å². The molecule has 0 aliphatic carbocycles. The van der Waals surface area contributed by atoms with Crippen molar-refractivity contribution in [3.63, 3.8) is 0 Å². The van der Waals surface area contributed by atoms with Crippen LogP contribution in [-0.4, -0.2) is 22.1 Å². The van der Waals surface area contributed by atoms with E-state index in [2.05, 4.69) is 5.32 Å². The maximum Gasteiger partial charge on any atom is 0.335 e. The van der Waals surface area contributed by atoms with Crippen molar-refractivity contribution in [2.24, 2.45) is 0 Å². The molecule has 1 saturated heterocycles. The minimum atomic E-state index is -1.02. The highest BCUT2D eigenvalue weighted by Gasteiger charge is 2.31. The van der Waals surface area contributed by atoms with Crippen LogP contribution in [-0.2, 0) is 4.79 Å². The third-order valence-electron chi connectivity index (χ3n) is 3.43. The summed E-state index contributed by atoms with van der Waals surface area (Å²) < 4.78 is 13.0. The first-order chi connectivity index (χ1) is 11.5. The Morgan fingerprint density at radius 3 is 2.33 bits per heavy atom. The molecule has 3 rings (SSSR count). The molecule has 0 atom stereocenters. The monoisotopic (exact) mass is 342 g/mol. The minimum absolute atomic E-state index is 0.159. The number of carboxylic acids is 1. The van der Waals surface area contributed by atoms with Gasteiger partial charge in [-0.3, -0.25) is 9.69 Å². The summed E-state index contributed by atoms with van der Waals surface area (Å²) >= 11 is 5.16. The van der Waals surface area contributed by atoms with Crippen LogP contribution in [0, 0.1) is 5.82 Å². The van der Waals surface area contributed by atoms with Gasteiger partial charge in [-0.15, -0.1) is 0 Å². The summed E-state index contributed by atoms with van der Waals surface area (Å²) in [5, 5.41) is 11.9. The Labute approximate surface area is 142 Å². The largest absolute Gasteiger partial charge is 0.478 e. The number of halogens is 1. The molecule has 120 valence electrons. The number of rotatable bonds is 3. The lowest BCUT2D eigenvalue weighted by Crippen LogP contribution is -2.30. The van der Waals surface area contributed by atoms with Crippen LogP contribution in [0.25, 0.3) is 6.08 Å². The first-order valence-electron chi connectivity index (χ1n) is 6.92. The predicted molar refractivity (Wildman–Crippen MR) is 91.0 cm³/mol. The molecule has 0 spiro atoms. The van der Waals surface area contributed by atoms with E-state index < -0.39 is 11.8 Å². The van der Waals surface area contributed by atoms with Crippen molar-refractivity contribution in [3.05, 3.63) is 71.2 Å². The Morgan fingerprint density at radius 2 is 1.75 bits per heavy atom. The van der Waals surface area contributed by atoms with E-state index in [0.29, 0.717) is 11.3 Å². The Morgan fingerprint density at radius 1 is 1.12 bits per heavy atom. The SMILES string of the molecule is O=C(O)c1ccc(C=C2NC(=S)N(c3ccc(F)cc3)C2=O)cc1. The van der Waals surface area contributed by atoms with Gasteiger partial charge in [-0.2, -0.15) is 0 Å². The van der Waals surface area contributed by atoms with Crippen molar-refractivity contribution in [1.29, 1.82) is 0 Å². The van der Waals surface area contributed by atoms with Crippen LogP contribution in [0.4, 0.5) is 10.1 Å². The zero-order valence-corrected chi connectivity index (χ0v) is 13.0. The van der Waals surface area contributed by atoms with Gasteiger partial charge in [0.2, 0.25) is 0 Å². The van der Waals surface area contributed by atoms with Crippen molar-refractivity contribution in [2.45, 2.75) is 0 Å². The van der Waals surface area contributed by atoms with Gasteiger partial charge in [0.15, 0.2) is 5.11 Å². The molecule has 0 unspecified atom stereocenters. The Hall–Kier alpha value is -3.06. The van der Waals surface area contributed by atoms with Gasteiger partial charge < -0.3 is 10.4 Å². The normalized spacial score (nSPS) is 15.7. The lowest BCUT2D eigenvalue weighted by molar-refractivity contribution is -0.113.